The molecule has 43 heavy (non-hydrogen) atoms. The largest absolute Gasteiger partial charge is 0 e. The van der Waals surface area contributed by atoms with Crippen LogP contribution in [0.4, 0.5) is 0 Å². The van der Waals surface area contributed by atoms with E-state index in [4.69, 9.17) is 0 Å². The maximum absolute atomic E-state index is 9.55. The van der Waals surface area contributed by atoms with Gasteiger partial charge in [-0.15, -0.1) is 0 Å². The number of hydrogen-bond acceptors (Lipinski definition) is 0. The summed E-state index contributed by atoms with van der Waals surface area (Å²) in [6, 6.07) is 11.6. The van der Waals surface area contributed by atoms with Crippen molar-refractivity contribution in [2.45, 2.75) is 188 Å². The van der Waals surface area contributed by atoms with Crippen LogP contribution in [-0.4, -0.2) is 34.0 Å². The van der Waals surface area contributed by atoms with Gasteiger partial charge in [-0.05, 0) is 0 Å². The third kappa shape index (κ3) is 5.11. The number of halogens is 2. The minimum Gasteiger partial charge on any atom is 0 e. The zero-order valence-electron chi connectivity index (χ0n) is 26.9. The van der Waals surface area contributed by atoms with Crippen LogP contribution in [0.25, 0.3) is 6.08 Å². The normalized spacial score (nSPS) is 27.7. The molecule has 1 aromatic rings. The molecule has 6 fully saturated rings. The molecular weight excluding hydrogens is 690 g/mol. The van der Waals surface area contributed by atoms with E-state index in [-0.39, 0.29) is 19.5 Å². The summed E-state index contributed by atoms with van der Waals surface area (Å²) < 4.78 is 0. The molecule has 0 unspecified atom stereocenters. The van der Waals surface area contributed by atoms with Crippen LogP contribution in [-0.2, 0) is 19.5 Å². The first-order valence-corrected chi connectivity index (χ1v) is 25.4. The Balaban J connectivity index is 0.00000329. The van der Waals surface area contributed by atoms with E-state index >= 15 is 0 Å². The molecule has 0 bridgehead atoms. The molecular formula is C38H60Cl2P2Ru. The predicted molar refractivity (Wildman–Crippen MR) is 194 cm³/mol. The number of hydrogen-bond donors (Lipinski definition) is 0. The summed E-state index contributed by atoms with van der Waals surface area (Å²) in [5.41, 5.74) is 5.78. The summed E-state index contributed by atoms with van der Waals surface area (Å²) in [4.78, 5) is 0. The van der Waals surface area contributed by atoms with Crippen LogP contribution in [0, 0.1) is 0 Å². The molecule has 0 amide bonds. The molecule has 0 N–H and O–H groups in total. The van der Waals surface area contributed by atoms with Crippen molar-refractivity contribution in [1.82, 2.24) is 0 Å². The van der Waals surface area contributed by atoms with E-state index in [2.05, 4.69) is 36.4 Å². The zero-order valence-corrected chi connectivity index (χ0v) is 31.9. The fourth-order valence-corrected chi connectivity index (χ4v) is 41.7. The number of benzene rings is 1. The Morgan fingerprint density at radius 2 is 0.674 bits per heavy atom. The van der Waals surface area contributed by atoms with E-state index in [0.29, 0.717) is 0 Å². The van der Waals surface area contributed by atoms with Gasteiger partial charge in [0.15, 0.2) is 0 Å². The van der Waals surface area contributed by atoms with Gasteiger partial charge in [0.2, 0.25) is 0 Å². The zero-order chi connectivity index (χ0) is 28.7. The standard InChI is InChI=1S/C38H60Cl2P2.Ru/c39-41(32-18-4-5-19-32,33-20-6-7-21-33,34-22-8-9-23-34)38(30-31-16-2-1-3-17-31)42(40,35-24-10-11-25-35,36-26-12-13-27-36)37-28-14-15-29-37;/h1-3,16-17,30,32-37H,4-15,18-29H2;. The Bertz CT molecular complexity index is 947. The molecule has 7 rings (SSSR count). The molecule has 0 spiro atoms. The Labute approximate surface area is 287 Å². The first kappa shape index (κ1) is 33.9. The summed E-state index contributed by atoms with van der Waals surface area (Å²) in [5.74, 6) is -6.01. The van der Waals surface area contributed by atoms with E-state index in [1.807, 2.05) is 5.06 Å². The predicted octanol–water partition coefficient (Wildman–Crippen LogP) is 14.1. The molecule has 0 saturated heterocycles. The average molecular weight is 751 g/mol. The van der Waals surface area contributed by atoms with Gasteiger partial charge in [0, 0.05) is 19.5 Å². The van der Waals surface area contributed by atoms with Crippen molar-refractivity contribution < 1.29 is 19.5 Å². The quantitative estimate of drug-likeness (QED) is 0.174. The average Bonchev–Trinajstić information content (AvgIpc) is 3.88. The van der Waals surface area contributed by atoms with Crippen LogP contribution in [0.1, 0.15) is 160 Å². The Kier molecular flexibility index (Phi) is 10.6. The molecule has 244 valence electrons. The fraction of sp³-hybridized carbons (Fsp3) is 0.789. The second kappa shape index (κ2) is 13.5. The Morgan fingerprint density at radius 1 is 0.442 bits per heavy atom. The molecule has 6 aliphatic rings. The van der Waals surface area contributed by atoms with Crippen molar-refractivity contribution in [2.24, 2.45) is 0 Å². The van der Waals surface area contributed by atoms with Crippen molar-refractivity contribution >= 4 is 40.5 Å². The van der Waals surface area contributed by atoms with Crippen LogP contribution in [0.3, 0.4) is 0 Å². The maximum Gasteiger partial charge on any atom is 0 e. The molecule has 5 heteroatoms. The first-order chi connectivity index (χ1) is 20.5. The number of rotatable bonds is 9. The van der Waals surface area contributed by atoms with Crippen LogP contribution in [0.2, 0.25) is 0 Å². The first-order valence-electron chi connectivity index (χ1n) is 18.7. The van der Waals surface area contributed by atoms with E-state index < -0.39 is 11.9 Å². The molecule has 6 aliphatic carbocycles. The molecule has 0 nitrogen and oxygen atoms in total. The van der Waals surface area contributed by atoms with Crippen molar-refractivity contribution in [2.75, 3.05) is 0 Å². The molecule has 6 saturated carbocycles. The molecule has 1 aromatic carbocycles. The van der Waals surface area contributed by atoms with Gasteiger partial charge in [0.1, 0.15) is 0 Å². The van der Waals surface area contributed by atoms with Gasteiger partial charge < -0.3 is 0 Å². The van der Waals surface area contributed by atoms with E-state index in [1.165, 1.54) is 160 Å². The third-order valence-corrected chi connectivity index (χ3v) is 38.1. The van der Waals surface area contributed by atoms with Gasteiger partial charge in [-0.2, -0.15) is 0 Å². The Morgan fingerprint density at radius 3 is 0.907 bits per heavy atom. The van der Waals surface area contributed by atoms with Crippen LogP contribution >= 0.6 is 34.4 Å². The van der Waals surface area contributed by atoms with E-state index in [9.17, 15) is 22.5 Å². The van der Waals surface area contributed by atoms with Gasteiger partial charge in [0.05, 0.1) is 0 Å². The van der Waals surface area contributed by atoms with Gasteiger partial charge in [-0.1, -0.05) is 0 Å². The monoisotopic (exact) mass is 750 g/mol. The summed E-state index contributed by atoms with van der Waals surface area (Å²) >= 11 is 19.1. The summed E-state index contributed by atoms with van der Waals surface area (Å²) in [6.07, 6.45) is 36.4. The second-order valence-electron chi connectivity index (χ2n) is 16.0. The van der Waals surface area contributed by atoms with Crippen molar-refractivity contribution in [1.29, 1.82) is 0 Å². The maximum atomic E-state index is 9.55. The van der Waals surface area contributed by atoms with Gasteiger partial charge >= 0.3 is 269 Å². The van der Waals surface area contributed by atoms with E-state index in [1.54, 1.807) is 0 Å². The molecule has 0 heterocycles. The summed E-state index contributed by atoms with van der Waals surface area (Å²) in [6.45, 7) is 0. The topological polar surface area (TPSA) is 0 Å². The summed E-state index contributed by atoms with van der Waals surface area (Å²) in [5, 5.41) is 1.90. The second-order valence-corrected chi connectivity index (χ2v) is 31.0. The molecule has 0 atom stereocenters. The van der Waals surface area contributed by atoms with Crippen molar-refractivity contribution in [3.63, 3.8) is 0 Å². The SMILES string of the molecule is ClP(C(=Cc1ccccc1)P(Cl)(C1CCCC1)(C1CCCC1)C1CCCC1)(C1CCCC1)(C1CCCC1)C1CCCC1.[Ru]. The van der Waals surface area contributed by atoms with Gasteiger partial charge in [0.25, 0.3) is 0 Å². The van der Waals surface area contributed by atoms with Crippen LogP contribution < -0.4 is 0 Å². The van der Waals surface area contributed by atoms with Crippen LogP contribution in [0.5, 0.6) is 0 Å². The summed E-state index contributed by atoms with van der Waals surface area (Å²) in [7, 11) is 0. The minimum atomic E-state index is -3.01. The smallest absolute Gasteiger partial charge is 0 e. The fourth-order valence-electron chi connectivity index (χ4n) is 12.9. The Hall–Kier alpha value is 1.02. The van der Waals surface area contributed by atoms with Gasteiger partial charge in [-0.25, -0.2) is 0 Å². The van der Waals surface area contributed by atoms with Crippen LogP contribution in [0.15, 0.2) is 35.4 Å². The van der Waals surface area contributed by atoms with Crippen molar-refractivity contribution in [3.8, 4) is 0 Å². The molecule has 0 radical (unpaired) electrons. The minimum absolute atomic E-state index is 0. The molecule has 0 aromatic heterocycles. The van der Waals surface area contributed by atoms with E-state index in [0.717, 1.165) is 34.0 Å². The van der Waals surface area contributed by atoms with Gasteiger partial charge in [-0.3, -0.25) is 0 Å². The third-order valence-electron chi connectivity index (χ3n) is 14.5. The molecule has 0 aliphatic heterocycles. The van der Waals surface area contributed by atoms with Crippen molar-refractivity contribution in [3.05, 3.63) is 41.0 Å².